The predicted octanol–water partition coefficient (Wildman–Crippen LogP) is 12.0. The summed E-state index contributed by atoms with van der Waals surface area (Å²) in [5, 5.41) is 3.50. The minimum absolute atomic E-state index is 1.36. The van der Waals surface area contributed by atoms with Crippen molar-refractivity contribution in [3.8, 4) is 0 Å². The highest BCUT2D eigenvalue weighted by atomic mass is 28.3. The summed E-state index contributed by atoms with van der Waals surface area (Å²) < 4.78 is 0. The van der Waals surface area contributed by atoms with E-state index < -0.39 is 16.1 Å². The lowest BCUT2D eigenvalue weighted by Gasteiger charge is -2.30. The second kappa shape index (κ2) is 20.5. The Hall–Kier alpha value is -0.346. The number of hydrogen-bond donors (Lipinski definition) is 0. The first-order chi connectivity index (χ1) is 18.2. The first-order valence-corrected chi connectivity index (χ1v) is 23.7. The molecule has 0 nitrogen and oxygen atoms in total. The Morgan fingerprint density at radius 1 is 0.395 bits per heavy atom. The standard InChI is InChI=1S/C36H70Si2/c1-9-11-13-15-17-19-21-23-25-27-29-37(5,6)35-31-34(4)36(32-33(35)3)38(7,8)30-28-26-24-22-20-18-16-14-12-10-2/h31-32H,9-30H2,1-8H3. The van der Waals surface area contributed by atoms with Crippen LogP contribution in [0.25, 0.3) is 0 Å². The Labute approximate surface area is 243 Å². The molecule has 0 N–H and O–H groups in total. The fourth-order valence-corrected chi connectivity index (χ4v) is 13.0. The molecule has 0 aliphatic rings. The predicted molar refractivity (Wildman–Crippen MR) is 183 cm³/mol. The van der Waals surface area contributed by atoms with Gasteiger partial charge in [0.2, 0.25) is 0 Å². The molecular formula is C36H70Si2. The van der Waals surface area contributed by atoms with Gasteiger partial charge in [-0.25, -0.2) is 0 Å². The van der Waals surface area contributed by atoms with Gasteiger partial charge in [0.1, 0.15) is 0 Å². The second-order valence-electron chi connectivity index (χ2n) is 14.1. The molecule has 1 aromatic rings. The molecule has 0 spiro atoms. The normalized spacial score (nSPS) is 12.4. The van der Waals surface area contributed by atoms with Crippen LogP contribution in [0, 0.1) is 13.8 Å². The van der Waals surface area contributed by atoms with Gasteiger partial charge in [-0.2, -0.15) is 0 Å². The van der Waals surface area contributed by atoms with Crippen LogP contribution in [-0.2, 0) is 0 Å². The summed E-state index contributed by atoms with van der Waals surface area (Å²) in [5.41, 5.74) is 3.22. The maximum atomic E-state index is 2.65. The monoisotopic (exact) mass is 559 g/mol. The van der Waals surface area contributed by atoms with Crippen molar-refractivity contribution in [3.05, 3.63) is 23.3 Å². The van der Waals surface area contributed by atoms with E-state index in [0.717, 1.165) is 0 Å². The van der Waals surface area contributed by atoms with Crippen molar-refractivity contribution in [3.63, 3.8) is 0 Å². The highest BCUT2D eigenvalue weighted by Gasteiger charge is 2.29. The van der Waals surface area contributed by atoms with E-state index in [9.17, 15) is 0 Å². The van der Waals surface area contributed by atoms with E-state index in [0.29, 0.717) is 0 Å². The van der Waals surface area contributed by atoms with Gasteiger partial charge < -0.3 is 0 Å². The molecule has 0 bridgehead atoms. The third-order valence-corrected chi connectivity index (χ3v) is 16.5. The van der Waals surface area contributed by atoms with Crippen molar-refractivity contribution >= 4 is 26.5 Å². The summed E-state index contributed by atoms with van der Waals surface area (Å²) in [6.07, 6.45) is 28.8. The molecule has 0 aliphatic carbocycles. The number of aryl methyl sites for hydroxylation is 2. The van der Waals surface area contributed by atoms with Crippen LogP contribution >= 0.6 is 0 Å². The van der Waals surface area contributed by atoms with Gasteiger partial charge in [-0.05, 0) is 13.8 Å². The smallest absolute Gasteiger partial charge is 0.0654 e. The van der Waals surface area contributed by atoms with Crippen LogP contribution in [0.15, 0.2) is 12.1 Å². The fraction of sp³-hybridized carbons (Fsp3) is 0.833. The summed E-state index contributed by atoms with van der Waals surface area (Å²) in [6.45, 7) is 20.0. The van der Waals surface area contributed by atoms with E-state index in [1.165, 1.54) is 141 Å². The van der Waals surface area contributed by atoms with E-state index in [2.05, 4.69) is 66.0 Å². The quantitative estimate of drug-likeness (QED) is 0.0874. The number of rotatable bonds is 24. The zero-order valence-electron chi connectivity index (χ0n) is 27.7. The van der Waals surface area contributed by atoms with Crippen molar-refractivity contribution < 1.29 is 0 Å². The van der Waals surface area contributed by atoms with Crippen LogP contribution in [0.3, 0.4) is 0 Å². The van der Waals surface area contributed by atoms with E-state index >= 15 is 0 Å². The molecule has 38 heavy (non-hydrogen) atoms. The minimum atomic E-state index is -1.37. The average Bonchev–Trinajstić information content (AvgIpc) is 2.87. The van der Waals surface area contributed by atoms with Crippen LogP contribution in [0.2, 0.25) is 38.3 Å². The molecule has 1 rings (SSSR count). The van der Waals surface area contributed by atoms with Gasteiger partial charge in [0, 0.05) is 0 Å². The van der Waals surface area contributed by atoms with E-state index in [1.807, 2.05) is 0 Å². The molecule has 0 heterocycles. The largest absolute Gasteiger partial charge is 0.0809 e. The highest BCUT2D eigenvalue weighted by Crippen LogP contribution is 2.22. The second-order valence-corrected chi connectivity index (χ2v) is 23.7. The maximum Gasteiger partial charge on any atom is 0.0809 e. The van der Waals surface area contributed by atoms with E-state index in [1.54, 1.807) is 21.5 Å². The molecule has 0 radical (unpaired) electrons. The molecule has 0 unspecified atom stereocenters. The first-order valence-electron chi connectivity index (χ1n) is 17.3. The van der Waals surface area contributed by atoms with Gasteiger partial charge in [-0.15, -0.1) is 0 Å². The first kappa shape index (κ1) is 35.7. The van der Waals surface area contributed by atoms with E-state index in [-0.39, 0.29) is 0 Å². The Balaban J connectivity index is 2.44. The summed E-state index contributed by atoms with van der Waals surface area (Å²) in [6, 6.07) is 8.23. The SMILES string of the molecule is CCCCCCCCCCCC[Si](C)(C)c1cc(C)c([Si](C)(C)CCCCCCCCCCCC)cc1C. The Kier molecular flexibility index (Phi) is 19.3. The van der Waals surface area contributed by atoms with Crippen molar-refractivity contribution in [1.29, 1.82) is 0 Å². The average molecular weight is 559 g/mol. The molecule has 0 saturated heterocycles. The van der Waals surface area contributed by atoms with Gasteiger partial charge in [0.25, 0.3) is 0 Å². The molecule has 0 fully saturated rings. The van der Waals surface area contributed by atoms with Crippen molar-refractivity contribution in [2.45, 2.75) is 194 Å². The zero-order valence-corrected chi connectivity index (χ0v) is 29.7. The van der Waals surface area contributed by atoms with Gasteiger partial charge >= 0.3 is 0 Å². The van der Waals surface area contributed by atoms with Gasteiger partial charge in [0.05, 0.1) is 16.1 Å². The van der Waals surface area contributed by atoms with Crippen molar-refractivity contribution in [2.24, 2.45) is 0 Å². The molecule has 2 heteroatoms. The van der Waals surface area contributed by atoms with Crippen molar-refractivity contribution in [1.82, 2.24) is 0 Å². The van der Waals surface area contributed by atoms with Crippen LogP contribution in [0.4, 0.5) is 0 Å². The van der Waals surface area contributed by atoms with Gasteiger partial charge in [-0.1, -0.05) is 214 Å². The molecule has 1 aromatic carbocycles. The van der Waals surface area contributed by atoms with Crippen LogP contribution < -0.4 is 10.4 Å². The Morgan fingerprint density at radius 3 is 0.895 bits per heavy atom. The molecule has 0 saturated carbocycles. The molecular weight excluding hydrogens is 489 g/mol. The third kappa shape index (κ3) is 14.9. The molecule has 0 atom stereocenters. The summed E-state index contributed by atoms with van der Waals surface area (Å²) in [5.74, 6) is 0. The van der Waals surface area contributed by atoms with Crippen LogP contribution in [0.5, 0.6) is 0 Å². The minimum Gasteiger partial charge on any atom is -0.0654 e. The van der Waals surface area contributed by atoms with Gasteiger partial charge in [-0.3, -0.25) is 0 Å². The fourth-order valence-electron chi connectivity index (χ4n) is 6.65. The van der Waals surface area contributed by atoms with Crippen LogP contribution in [0.1, 0.15) is 153 Å². The number of benzene rings is 1. The highest BCUT2D eigenvalue weighted by molar-refractivity contribution is 6.91. The molecule has 0 aromatic heterocycles. The maximum absolute atomic E-state index is 2.65. The van der Waals surface area contributed by atoms with E-state index in [4.69, 9.17) is 0 Å². The number of hydrogen-bond acceptors (Lipinski definition) is 0. The molecule has 0 amide bonds. The summed E-state index contributed by atoms with van der Waals surface area (Å²) >= 11 is 0. The van der Waals surface area contributed by atoms with Crippen LogP contribution in [-0.4, -0.2) is 16.1 Å². The van der Waals surface area contributed by atoms with Crippen molar-refractivity contribution in [2.75, 3.05) is 0 Å². The lowest BCUT2D eigenvalue weighted by atomic mass is 10.1. The lowest BCUT2D eigenvalue weighted by molar-refractivity contribution is 0.561. The Morgan fingerprint density at radius 2 is 0.632 bits per heavy atom. The third-order valence-electron chi connectivity index (χ3n) is 9.34. The Bertz CT molecular complexity index is 657. The topological polar surface area (TPSA) is 0 Å². The zero-order chi connectivity index (χ0) is 28.3. The lowest BCUT2D eigenvalue weighted by Crippen LogP contribution is -2.48. The summed E-state index contributed by atoms with van der Waals surface area (Å²) in [7, 11) is -2.73. The number of unbranched alkanes of at least 4 members (excludes halogenated alkanes) is 18. The van der Waals surface area contributed by atoms with Gasteiger partial charge in [0.15, 0.2) is 0 Å². The summed E-state index contributed by atoms with van der Waals surface area (Å²) in [4.78, 5) is 0. The molecule has 222 valence electrons. The molecule has 0 aliphatic heterocycles.